The van der Waals surface area contributed by atoms with Gasteiger partial charge in [0.15, 0.2) is 0 Å². The summed E-state index contributed by atoms with van der Waals surface area (Å²) in [5.74, 6) is 1.51. The predicted molar refractivity (Wildman–Crippen MR) is 78.7 cm³/mol. The van der Waals surface area contributed by atoms with Gasteiger partial charge in [0.2, 0.25) is 0 Å². The van der Waals surface area contributed by atoms with Gasteiger partial charge in [0, 0.05) is 12.6 Å². The second kappa shape index (κ2) is 7.49. The van der Waals surface area contributed by atoms with Crippen LogP contribution in [0.25, 0.3) is 0 Å². The lowest BCUT2D eigenvalue weighted by atomic mass is 9.69. The standard InChI is InChI=1S/C16H33NO/c1-5-16(3,4)14-6-8-15(9-7-14)17-12-13(2)10-11-18/h13-15,17-18H,5-12H2,1-4H3. The molecule has 0 saturated heterocycles. The fourth-order valence-corrected chi connectivity index (χ4v) is 3.06. The Bertz CT molecular complexity index is 219. The van der Waals surface area contributed by atoms with Crippen molar-refractivity contribution in [1.29, 1.82) is 0 Å². The summed E-state index contributed by atoms with van der Waals surface area (Å²) in [7, 11) is 0. The molecule has 1 rings (SSSR count). The lowest BCUT2D eigenvalue weighted by Crippen LogP contribution is -2.38. The second-order valence-electron chi connectivity index (χ2n) is 6.92. The Morgan fingerprint density at radius 2 is 1.83 bits per heavy atom. The highest BCUT2D eigenvalue weighted by Gasteiger charge is 2.31. The summed E-state index contributed by atoms with van der Waals surface area (Å²) in [6.45, 7) is 10.8. The van der Waals surface area contributed by atoms with Gasteiger partial charge in [-0.2, -0.15) is 0 Å². The third kappa shape index (κ3) is 4.89. The molecule has 2 N–H and O–H groups in total. The molecule has 0 aromatic rings. The Kier molecular flexibility index (Phi) is 6.65. The largest absolute Gasteiger partial charge is 0.396 e. The first-order chi connectivity index (χ1) is 8.49. The molecule has 0 aromatic carbocycles. The molecule has 108 valence electrons. The maximum Gasteiger partial charge on any atom is 0.0434 e. The number of nitrogens with one attached hydrogen (secondary N) is 1. The Labute approximate surface area is 114 Å². The van der Waals surface area contributed by atoms with Gasteiger partial charge in [-0.25, -0.2) is 0 Å². The van der Waals surface area contributed by atoms with Crippen molar-refractivity contribution < 1.29 is 5.11 Å². The van der Waals surface area contributed by atoms with Gasteiger partial charge in [0.1, 0.15) is 0 Å². The molecule has 1 saturated carbocycles. The minimum absolute atomic E-state index is 0.320. The van der Waals surface area contributed by atoms with Crippen molar-refractivity contribution in [1.82, 2.24) is 5.32 Å². The van der Waals surface area contributed by atoms with Crippen LogP contribution in [0, 0.1) is 17.3 Å². The van der Waals surface area contributed by atoms with E-state index in [9.17, 15) is 0 Å². The van der Waals surface area contributed by atoms with Gasteiger partial charge in [-0.05, 0) is 55.9 Å². The number of hydrogen-bond acceptors (Lipinski definition) is 2. The van der Waals surface area contributed by atoms with Crippen LogP contribution < -0.4 is 5.32 Å². The monoisotopic (exact) mass is 255 g/mol. The lowest BCUT2D eigenvalue weighted by Gasteiger charge is -2.39. The second-order valence-corrected chi connectivity index (χ2v) is 6.92. The molecular weight excluding hydrogens is 222 g/mol. The fraction of sp³-hybridized carbons (Fsp3) is 1.00. The van der Waals surface area contributed by atoms with Crippen LogP contribution in [0.4, 0.5) is 0 Å². The van der Waals surface area contributed by atoms with E-state index in [1.54, 1.807) is 0 Å². The van der Waals surface area contributed by atoms with Gasteiger partial charge in [0.05, 0.1) is 0 Å². The fourth-order valence-electron chi connectivity index (χ4n) is 3.06. The van der Waals surface area contributed by atoms with Gasteiger partial charge in [-0.3, -0.25) is 0 Å². The van der Waals surface area contributed by atoms with Crippen LogP contribution in [-0.4, -0.2) is 24.3 Å². The van der Waals surface area contributed by atoms with Crippen molar-refractivity contribution in [3.63, 3.8) is 0 Å². The molecule has 0 amide bonds. The van der Waals surface area contributed by atoms with E-state index in [4.69, 9.17) is 5.11 Å². The zero-order valence-electron chi connectivity index (χ0n) is 12.8. The average Bonchev–Trinajstić information content (AvgIpc) is 2.37. The highest BCUT2D eigenvalue weighted by Crippen LogP contribution is 2.40. The van der Waals surface area contributed by atoms with E-state index in [-0.39, 0.29) is 0 Å². The van der Waals surface area contributed by atoms with Crippen LogP contribution in [0.2, 0.25) is 0 Å². The minimum Gasteiger partial charge on any atom is -0.396 e. The van der Waals surface area contributed by atoms with Gasteiger partial charge >= 0.3 is 0 Å². The molecule has 0 radical (unpaired) electrons. The molecule has 0 aromatic heterocycles. The van der Waals surface area contributed by atoms with E-state index < -0.39 is 0 Å². The summed E-state index contributed by atoms with van der Waals surface area (Å²) in [5, 5.41) is 12.6. The molecular formula is C16H33NO. The maximum absolute atomic E-state index is 8.90. The topological polar surface area (TPSA) is 32.3 Å². The number of rotatable bonds is 7. The summed E-state index contributed by atoms with van der Waals surface area (Å²) in [5.41, 5.74) is 0.523. The number of aliphatic hydroxyl groups excluding tert-OH is 1. The summed E-state index contributed by atoms with van der Waals surface area (Å²) in [4.78, 5) is 0. The summed E-state index contributed by atoms with van der Waals surface area (Å²) >= 11 is 0. The molecule has 1 unspecified atom stereocenters. The zero-order valence-corrected chi connectivity index (χ0v) is 12.8. The Morgan fingerprint density at radius 1 is 1.22 bits per heavy atom. The van der Waals surface area contributed by atoms with Crippen molar-refractivity contribution >= 4 is 0 Å². The summed E-state index contributed by atoms with van der Waals surface area (Å²) < 4.78 is 0. The van der Waals surface area contributed by atoms with Gasteiger partial charge in [0.25, 0.3) is 0 Å². The van der Waals surface area contributed by atoms with Crippen LogP contribution >= 0.6 is 0 Å². The Hall–Kier alpha value is -0.0800. The van der Waals surface area contributed by atoms with Crippen molar-refractivity contribution in [2.24, 2.45) is 17.3 Å². The number of aliphatic hydroxyl groups is 1. The van der Waals surface area contributed by atoms with Crippen molar-refractivity contribution in [3.8, 4) is 0 Å². The van der Waals surface area contributed by atoms with E-state index in [1.165, 1.54) is 32.1 Å². The third-order valence-corrected chi connectivity index (χ3v) is 5.12. The van der Waals surface area contributed by atoms with Crippen molar-refractivity contribution in [3.05, 3.63) is 0 Å². The Morgan fingerprint density at radius 3 is 2.33 bits per heavy atom. The minimum atomic E-state index is 0.320. The molecule has 1 fully saturated rings. The molecule has 0 bridgehead atoms. The number of hydrogen-bond donors (Lipinski definition) is 2. The zero-order chi connectivity index (χ0) is 13.6. The van der Waals surface area contributed by atoms with Gasteiger partial charge < -0.3 is 10.4 Å². The molecule has 1 aliphatic rings. The quantitative estimate of drug-likeness (QED) is 0.728. The normalized spacial score (nSPS) is 27.2. The SMILES string of the molecule is CCC(C)(C)C1CCC(NCC(C)CCO)CC1. The van der Waals surface area contributed by atoms with Crippen LogP contribution in [0.5, 0.6) is 0 Å². The average molecular weight is 255 g/mol. The highest BCUT2D eigenvalue weighted by atomic mass is 16.3. The van der Waals surface area contributed by atoms with E-state index in [0.717, 1.165) is 24.9 Å². The molecule has 0 heterocycles. The predicted octanol–water partition coefficient (Wildman–Crippen LogP) is 3.59. The van der Waals surface area contributed by atoms with E-state index in [2.05, 4.69) is 33.0 Å². The van der Waals surface area contributed by atoms with Crippen LogP contribution in [0.3, 0.4) is 0 Å². The molecule has 2 nitrogen and oxygen atoms in total. The molecule has 18 heavy (non-hydrogen) atoms. The van der Waals surface area contributed by atoms with Crippen LogP contribution in [0.1, 0.15) is 66.2 Å². The maximum atomic E-state index is 8.90. The molecule has 1 atom stereocenters. The summed E-state index contributed by atoms with van der Waals surface area (Å²) in [6, 6.07) is 0.718. The first-order valence-electron chi connectivity index (χ1n) is 7.83. The van der Waals surface area contributed by atoms with Crippen LogP contribution in [0.15, 0.2) is 0 Å². The summed E-state index contributed by atoms with van der Waals surface area (Å²) in [6.07, 6.45) is 7.65. The first-order valence-corrected chi connectivity index (χ1v) is 7.83. The smallest absolute Gasteiger partial charge is 0.0434 e. The van der Waals surface area contributed by atoms with Gasteiger partial charge in [-0.1, -0.05) is 34.1 Å². The Balaban J connectivity index is 2.23. The molecule has 0 aliphatic heterocycles. The van der Waals surface area contributed by atoms with E-state index in [0.29, 0.717) is 17.9 Å². The molecule has 2 heteroatoms. The first kappa shape index (κ1) is 16.0. The van der Waals surface area contributed by atoms with Gasteiger partial charge in [-0.15, -0.1) is 0 Å². The molecule has 1 aliphatic carbocycles. The van der Waals surface area contributed by atoms with E-state index >= 15 is 0 Å². The van der Waals surface area contributed by atoms with Crippen molar-refractivity contribution in [2.75, 3.05) is 13.2 Å². The van der Waals surface area contributed by atoms with Crippen molar-refractivity contribution in [2.45, 2.75) is 72.3 Å². The lowest BCUT2D eigenvalue weighted by molar-refractivity contribution is 0.135. The molecule has 0 spiro atoms. The van der Waals surface area contributed by atoms with Crippen LogP contribution in [-0.2, 0) is 0 Å². The highest BCUT2D eigenvalue weighted by molar-refractivity contribution is 4.85. The van der Waals surface area contributed by atoms with E-state index in [1.807, 2.05) is 0 Å². The third-order valence-electron chi connectivity index (χ3n) is 5.12.